The molecule has 5 rings (SSSR count). The molecule has 2 amide bonds. The molecule has 0 unspecified atom stereocenters. The number of benzene rings is 3. The highest BCUT2D eigenvalue weighted by Crippen LogP contribution is 2.29. The van der Waals surface area contributed by atoms with Crippen molar-refractivity contribution >= 4 is 11.7 Å². The van der Waals surface area contributed by atoms with E-state index in [0.29, 0.717) is 43.0 Å². The van der Waals surface area contributed by atoms with E-state index in [1.807, 2.05) is 30.3 Å². The number of hydrogen-bond acceptors (Lipinski definition) is 4. The second kappa shape index (κ2) is 14.8. The van der Waals surface area contributed by atoms with Crippen LogP contribution in [0.3, 0.4) is 0 Å². The first-order valence-electron chi connectivity index (χ1n) is 15.2. The number of piperidine rings is 1. The van der Waals surface area contributed by atoms with E-state index < -0.39 is 0 Å². The van der Waals surface area contributed by atoms with Crippen LogP contribution in [0.15, 0.2) is 91.3 Å². The predicted molar refractivity (Wildman–Crippen MR) is 171 cm³/mol. The summed E-state index contributed by atoms with van der Waals surface area (Å²) in [5.74, 6) is 1.16. The van der Waals surface area contributed by atoms with Crippen molar-refractivity contribution in [2.45, 2.75) is 52.1 Å². The van der Waals surface area contributed by atoms with Crippen LogP contribution in [0.5, 0.6) is 5.75 Å². The first-order chi connectivity index (χ1) is 20.9. The van der Waals surface area contributed by atoms with Crippen LogP contribution in [-0.2, 0) is 19.4 Å². The fraction of sp³-hybridized carbons (Fsp3) is 0.333. The summed E-state index contributed by atoms with van der Waals surface area (Å²) in [5.41, 5.74) is 5.91. The summed E-state index contributed by atoms with van der Waals surface area (Å²) in [6.45, 7) is 7.72. The molecular weight excluding hydrogens is 539 g/mol. The van der Waals surface area contributed by atoms with Crippen molar-refractivity contribution in [3.8, 4) is 16.9 Å². The Morgan fingerprint density at radius 2 is 1.79 bits per heavy atom. The quantitative estimate of drug-likeness (QED) is 0.193. The van der Waals surface area contributed by atoms with Crippen molar-refractivity contribution in [3.63, 3.8) is 0 Å². The van der Waals surface area contributed by atoms with Gasteiger partial charge in [0, 0.05) is 37.1 Å². The molecule has 0 spiro atoms. The SMILES string of the molecule is CC(C)N1CCC(Cc2cccc(-c3cc(F)ccc3CCOc3ccc(NC(=O)NCc4cccnc4)cc3)c2)CC1. The number of pyridine rings is 1. The number of hydrogen-bond donors (Lipinski definition) is 2. The lowest BCUT2D eigenvalue weighted by atomic mass is 9.88. The Balaban J connectivity index is 1.14. The van der Waals surface area contributed by atoms with E-state index in [2.05, 4.69) is 58.6 Å². The van der Waals surface area contributed by atoms with E-state index in [9.17, 15) is 9.18 Å². The third-order valence-corrected chi connectivity index (χ3v) is 8.14. The van der Waals surface area contributed by atoms with Gasteiger partial charge in [0.2, 0.25) is 0 Å². The molecule has 4 aromatic rings. The second-order valence-electron chi connectivity index (χ2n) is 11.6. The molecule has 1 aromatic heterocycles. The average molecular weight is 581 g/mol. The Labute approximate surface area is 254 Å². The third-order valence-electron chi connectivity index (χ3n) is 8.14. The first-order valence-corrected chi connectivity index (χ1v) is 15.2. The maximum atomic E-state index is 14.4. The lowest BCUT2D eigenvalue weighted by Crippen LogP contribution is -2.38. The molecular formula is C36H41FN4O2. The second-order valence-corrected chi connectivity index (χ2v) is 11.6. The maximum Gasteiger partial charge on any atom is 0.319 e. The smallest absolute Gasteiger partial charge is 0.319 e. The molecule has 1 saturated heterocycles. The Morgan fingerprint density at radius 3 is 2.53 bits per heavy atom. The molecule has 0 aliphatic carbocycles. The van der Waals surface area contributed by atoms with Gasteiger partial charge in [-0.15, -0.1) is 0 Å². The molecule has 1 fully saturated rings. The summed E-state index contributed by atoms with van der Waals surface area (Å²) < 4.78 is 20.4. The van der Waals surface area contributed by atoms with E-state index >= 15 is 0 Å². The minimum atomic E-state index is -0.290. The molecule has 6 nitrogen and oxygen atoms in total. The van der Waals surface area contributed by atoms with Gasteiger partial charge in [0.15, 0.2) is 0 Å². The standard InChI is InChI=1S/C36H41FN4O2/c1-26(2)41-18-14-27(15-19-41)21-28-5-3-7-31(22-28)35-23-32(37)9-8-30(35)16-20-43-34-12-10-33(11-13-34)40-36(42)39-25-29-6-4-17-38-24-29/h3-13,17,22-24,26-27H,14-16,18-21,25H2,1-2H3,(H2,39,40,42). The number of nitrogens with zero attached hydrogens (tertiary/aromatic N) is 2. The van der Waals surface area contributed by atoms with Gasteiger partial charge in [-0.2, -0.15) is 0 Å². The van der Waals surface area contributed by atoms with Gasteiger partial charge in [0.25, 0.3) is 0 Å². The van der Waals surface area contributed by atoms with Gasteiger partial charge in [-0.05, 0) is 122 Å². The van der Waals surface area contributed by atoms with Crippen LogP contribution >= 0.6 is 0 Å². The van der Waals surface area contributed by atoms with Gasteiger partial charge < -0.3 is 20.3 Å². The molecule has 7 heteroatoms. The summed E-state index contributed by atoms with van der Waals surface area (Å²) >= 11 is 0. The molecule has 0 radical (unpaired) electrons. The van der Waals surface area contributed by atoms with Gasteiger partial charge in [-0.25, -0.2) is 9.18 Å². The lowest BCUT2D eigenvalue weighted by Gasteiger charge is -2.34. The molecule has 3 aromatic carbocycles. The Hall–Kier alpha value is -4.23. The highest BCUT2D eigenvalue weighted by atomic mass is 19.1. The molecule has 2 heterocycles. The largest absolute Gasteiger partial charge is 0.493 e. The van der Waals surface area contributed by atoms with Gasteiger partial charge in [-0.1, -0.05) is 36.4 Å². The number of carbonyl (C=O) groups excluding carboxylic acids is 1. The van der Waals surface area contributed by atoms with Crippen LogP contribution in [0.2, 0.25) is 0 Å². The molecule has 0 saturated carbocycles. The molecule has 1 aliphatic heterocycles. The molecule has 224 valence electrons. The molecule has 2 N–H and O–H groups in total. The van der Waals surface area contributed by atoms with Crippen LogP contribution in [-0.4, -0.2) is 41.7 Å². The number of nitrogens with one attached hydrogen (secondary N) is 2. The molecule has 0 atom stereocenters. The Morgan fingerprint density at radius 1 is 1.00 bits per heavy atom. The van der Waals surface area contributed by atoms with Crippen molar-refractivity contribution in [3.05, 3.63) is 114 Å². The monoisotopic (exact) mass is 580 g/mol. The number of aromatic nitrogens is 1. The highest BCUT2D eigenvalue weighted by molar-refractivity contribution is 5.89. The lowest BCUT2D eigenvalue weighted by molar-refractivity contribution is 0.149. The maximum absolute atomic E-state index is 14.4. The van der Waals surface area contributed by atoms with Crippen LogP contribution in [0, 0.1) is 11.7 Å². The number of carbonyl (C=O) groups is 1. The minimum Gasteiger partial charge on any atom is -0.493 e. The van der Waals surface area contributed by atoms with Crippen molar-refractivity contribution < 1.29 is 13.9 Å². The number of urea groups is 1. The van der Waals surface area contributed by atoms with Gasteiger partial charge in [0.05, 0.1) is 6.61 Å². The molecule has 0 bridgehead atoms. The Kier molecular flexibility index (Phi) is 10.4. The number of halogens is 1. The average Bonchev–Trinajstić information content (AvgIpc) is 3.02. The Bertz CT molecular complexity index is 1470. The van der Waals surface area contributed by atoms with E-state index in [1.54, 1.807) is 30.6 Å². The van der Waals surface area contributed by atoms with Gasteiger partial charge in [0.1, 0.15) is 11.6 Å². The summed E-state index contributed by atoms with van der Waals surface area (Å²) in [7, 11) is 0. The van der Waals surface area contributed by atoms with Crippen molar-refractivity contribution in [2.75, 3.05) is 25.0 Å². The zero-order valence-electron chi connectivity index (χ0n) is 25.1. The van der Waals surface area contributed by atoms with E-state index in [-0.39, 0.29) is 11.8 Å². The van der Waals surface area contributed by atoms with E-state index in [4.69, 9.17) is 4.74 Å². The first kappa shape index (κ1) is 30.2. The summed E-state index contributed by atoms with van der Waals surface area (Å²) in [6, 6.07) is 24.9. The van der Waals surface area contributed by atoms with Crippen LogP contribution in [0.1, 0.15) is 43.4 Å². The normalized spacial score (nSPS) is 14.0. The number of anilines is 1. The number of amides is 2. The topological polar surface area (TPSA) is 66.5 Å². The number of ether oxygens (including phenoxy) is 1. The van der Waals surface area contributed by atoms with E-state index in [1.165, 1.54) is 24.5 Å². The van der Waals surface area contributed by atoms with Crippen molar-refractivity contribution in [1.82, 2.24) is 15.2 Å². The zero-order chi connectivity index (χ0) is 30.0. The highest BCUT2D eigenvalue weighted by Gasteiger charge is 2.21. The fourth-order valence-corrected chi connectivity index (χ4v) is 5.68. The van der Waals surface area contributed by atoms with Crippen LogP contribution < -0.4 is 15.4 Å². The zero-order valence-corrected chi connectivity index (χ0v) is 25.1. The third kappa shape index (κ3) is 8.88. The molecule has 43 heavy (non-hydrogen) atoms. The van der Waals surface area contributed by atoms with Crippen LogP contribution in [0.4, 0.5) is 14.9 Å². The van der Waals surface area contributed by atoms with Gasteiger partial charge >= 0.3 is 6.03 Å². The number of likely N-dealkylation sites (tertiary alicyclic amines) is 1. The van der Waals surface area contributed by atoms with E-state index in [0.717, 1.165) is 41.8 Å². The van der Waals surface area contributed by atoms with Crippen molar-refractivity contribution in [1.29, 1.82) is 0 Å². The van der Waals surface area contributed by atoms with Crippen molar-refractivity contribution in [2.24, 2.45) is 5.92 Å². The fourth-order valence-electron chi connectivity index (χ4n) is 5.68. The summed E-state index contributed by atoms with van der Waals surface area (Å²) in [6.07, 6.45) is 7.57. The predicted octanol–water partition coefficient (Wildman–Crippen LogP) is 7.49. The number of rotatable bonds is 11. The summed E-state index contributed by atoms with van der Waals surface area (Å²) in [4.78, 5) is 18.8. The minimum absolute atomic E-state index is 0.237. The van der Waals surface area contributed by atoms with Gasteiger partial charge in [-0.3, -0.25) is 4.98 Å². The molecule has 1 aliphatic rings. The van der Waals surface area contributed by atoms with Crippen LogP contribution in [0.25, 0.3) is 11.1 Å². The summed E-state index contributed by atoms with van der Waals surface area (Å²) in [5, 5.41) is 5.64.